The zero-order valence-corrected chi connectivity index (χ0v) is 12.6. The standard InChI is InChI=1S/C15H12Cl2N2O2/c1-9(10-2-4-11(16)5-3-10)18-19-15(21)13-8-12(17)6-7-14(13)20/h2-8,20H,1H3,(H,19,21)/b18-9+. The normalized spacial score (nSPS) is 11.3. The number of nitrogens with one attached hydrogen (secondary N) is 1. The van der Waals surface area contributed by atoms with Gasteiger partial charge >= 0.3 is 0 Å². The minimum absolute atomic E-state index is 0.0650. The molecule has 1 amide bonds. The van der Waals surface area contributed by atoms with E-state index in [1.54, 1.807) is 31.2 Å². The van der Waals surface area contributed by atoms with Crippen molar-refractivity contribution in [3.8, 4) is 5.75 Å². The van der Waals surface area contributed by atoms with Crippen LogP contribution in [0.5, 0.6) is 5.75 Å². The van der Waals surface area contributed by atoms with Crippen molar-refractivity contribution in [2.75, 3.05) is 0 Å². The van der Waals surface area contributed by atoms with Crippen LogP contribution in [0.3, 0.4) is 0 Å². The molecule has 21 heavy (non-hydrogen) atoms. The number of hydrogen-bond donors (Lipinski definition) is 2. The molecule has 4 nitrogen and oxygen atoms in total. The highest BCUT2D eigenvalue weighted by molar-refractivity contribution is 6.31. The lowest BCUT2D eigenvalue weighted by molar-refractivity contribution is 0.0952. The molecule has 2 rings (SSSR count). The molecule has 2 aromatic carbocycles. The molecule has 6 heteroatoms. The number of benzene rings is 2. The highest BCUT2D eigenvalue weighted by Crippen LogP contribution is 2.21. The van der Waals surface area contributed by atoms with Gasteiger partial charge in [0.1, 0.15) is 5.75 Å². The van der Waals surface area contributed by atoms with E-state index in [1.165, 1.54) is 18.2 Å². The first-order valence-electron chi connectivity index (χ1n) is 6.06. The minimum Gasteiger partial charge on any atom is -0.507 e. The number of aromatic hydroxyl groups is 1. The molecule has 0 aliphatic heterocycles. The molecule has 2 N–H and O–H groups in total. The summed E-state index contributed by atoms with van der Waals surface area (Å²) in [7, 11) is 0. The zero-order chi connectivity index (χ0) is 15.4. The van der Waals surface area contributed by atoms with E-state index in [4.69, 9.17) is 23.2 Å². The fourth-order valence-electron chi connectivity index (χ4n) is 1.64. The lowest BCUT2D eigenvalue weighted by Crippen LogP contribution is -2.19. The van der Waals surface area contributed by atoms with E-state index < -0.39 is 5.91 Å². The summed E-state index contributed by atoms with van der Waals surface area (Å²) in [6.45, 7) is 1.75. The Bertz CT molecular complexity index is 697. The molecule has 0 bridgehead atoms. The highest BCUT2D eigenvalue weighted by atomic mass is 35.5. The van der Waals surface area contributed by atoms with Gasteiger partial charge < -0.3 is 5.11 Å². The Labute approximate surface area is 132 Å². The predicted octanol–water partition coefficient (Wildman–Crippen LogP) is 3.85. The Balaban J connectivity index is 2.14. The van der Waals surface area contributed by atoms with E-state index in [9.17, 15) is 9.90 Å². The van der Waals surface area contributed by atoms with Crippen molar-refractivity contribution in [2.45, 2.75) is 6.92 Å². The van der Waals surface area contributed by atoms with Crippen molar-refractivity contribution < 1.29 is 9.90 Å². The summed E-state index contributed by atoms with van der Waals surface area (Å²) in [6.07, 6.45) is 0. The van der Waals surface area contributed by atoms with Gasteiger partial charge in [0, 0.05) is 10.0 Å². The van der Waals surface area contributed by atoms with Crippen molar-refractivity contribution in [3.63, 3.8) is 0 Å². The number of rotatable bonds is 3. The SMILES string of the molecule is C/C(=N\NC(=O)c1cc(Cl)ccc1O)c1ccc(Cl)cc1. The van der Waals surface area contributed by atoms with Crippen LogP contribution in [-0.4, -0.2) is 16.7 Å². The molecule has 0 radical (unpaired) electrons. The van der Waals surface area contributed by atoms with E-state index in [0.29, 0.717) is 15.8 Å². The predicted molar refractivity (Wildman–Crippen MR) is 84.2 cm³/mol. The van der Waals surface area contributed by atoms with Crippen LogP contribution in [0, 0.1) is 0 Å². The van der Waals surface area contributed by atoms with Gasteiger partial charge in [-0.1, -0.05) is 35.3 Å². The first-order chi connectivity index (χ1) is 9.97. The van der Waals surface area contributed by atoms with Crippen LogP contribution < -0.4 is 5.43 Å². The maximum absolute atomic E-state index is 11.9. The molecular weight excluding hydrogens is 311 g/mol. The lowest BCUT2D eigenvalue weighted by Gasteiger charge is -2.05. The molecule has 2 aromatic rings. The monoisotopic (exact) mass is 322 g/mol. The maximum atomic E-state index is 11.9. The third kappa shape index (κ3) is 3.97. The molecule has 0 aliphatic carbocycles. The van der Waals surface area contributed by atoms with Crippen molar-refractivity contribution in [3.05, 3.63) is 63.6 Å². The number of carbonyl (C=O) groups is 1. The smallest absolute Gasteiger partial charge is 0.275 e. The van der Waals surface area contributed by atoms with Crippen LogP contribution in [0.25, 0.3) is 0 Å². The average molecular weight is 323 g/mol. The summed E-state index contributed by atoms with van der Waals surface area (Å²) < 4.78 is 0. The molecule has 0 saturated carbocycles. The molecule has 0 fully saturated rings. The second kappa shape index (κ2) is 6.61. The summed E-state index contributed by atoms with van der Waals surface area (Å²) in [5.74, 6) is -0.695. The van der Waals surface area contributed by atoms with E-state index in [2.05, 4.69) is 10.5 Å². The van der Waals surface area contributed by atoms with Crippen LogP contribution in [0.2, 0.25) is 10.0 Å². The van der Waals surface area contributed by atoms with Crippen LogP contribution in [0.15, 0.2) is 47.6 Å². The van der Waals surface area contributed by atoms with Gasteiger partial charge in [-0.2, -0.15) is 5.10 Å². The largest absolute Gasteiger partial charge is 0.507 e. The second-order valence-corrected chi connectivity index (χ2v) is 5.18. The Morgan fingerprint density at radius 2 is 1.71 bits per heavy atom. The van der Waals surface area contributed by atoms with Crippen molar-refractivity contribution in [1.82, 2.24) is 5.43 Å². The van der Waals surface area contributed by atoms with Gasteiger partial charge in [0.2, 0.25) is 0 Å². The molecule has 0 spiro atoms. The molecule has 0 aliphatic rings. The van der Waals surface area contributed by atoms with Crippen molar-refractivity contribution in [1.29, 1.82) is 0 Å². The number of hydrazone groups is 1. The third-order valence-corrected chi connectivity index (χ3v) is 3.28. The molecular formula is C15H12Cl2N2O2. The Hall–Kier alpha value is -2.04. The lowest BCUT2D eigenvalue weighted by atomic mass is 10.1. The van der Waals surface area contributed by atoms with Crippen LogP contribution in [0.4, 0.5) is 0 Å². The molecule has 0 aromatic heterocycles. The number of hydrogen-bond acceptors (Lipinski definition) is 3. The Morgan fingerprint density at radius 1 is 1.10 bits per heavy atom. The van der Waals surface area contributed by atoms with Crippen molar-refractivity contribution >= 4 is 34.8 Å². The number of phenolic OH excluding ortho intramolecular Hbond substituents is 1. The van der Waals surface area contributed by atoms with Gasteiger partial charge in [-0.15, -0.1) is 0 Å². The summed E-state index contributed by atoms with van der Waals surface area (Å²) in [6, 6.07) is 11.3. The number of amides is 1. The highest BCUT2D eigenvalue weighted by Gasteiger charge is 2.11. The molecule has 0 unspecified atom stereocenters. The number of nitrogens with zero attached hydrogens (tertiary/aromatic N) is 1. The van der Waals surface area contributed by atoms with Crippen LogP contribution >= 0.6 is 23.2 Å². The van der Waals surface area contributed by atoms with Crippen molar-refractivity contribution in [2.24, 2.45) is 5.10 Å². The van der Waals surface area contributed by atoms with Gasteiger partial charge in [0.15, 0.2) is 0 Å². The maximum Gasteiger partial charge on any atom is 0.275 e. The molecule has 108 valence electrons. The topological polar surface area (TPSA) is 61.7 Å². The van der Waals surface area contributed by atoms with Gasteiger partial charge in [-0.25, -0.2) is 5.43 Å². The summed E-state index contributed by atoms with van der Waals surface area (Å²) in [5, 5.41) is 14.6. The van der Waals surface area contributed by atoms with Gasteiger partial charge in [-0.05, 0) is 42.8 Å². The Kier molecular flexibility index (Phi) is 4.83. The number of phenols is 1. The van der Waals surface area contributed by atoms with E-state index in [1.807, 2.05) is 0 Å². The Morgan fingerprint density at radius 3 is 2.38 bits per heavy atom. The van der Waals surface area contributed by atoms with E-state index in [-0.39, 0.29) is 11.3 Å². The van der Waals surface area contributed by atoms with Gasteiger partial charge in [0.25, 0.3) is 5.91 Å². The fraction of sp³-hybridized carbons (Fsp3) is 0.0667. The van der Waals surface area contributed by atoms with Gasteiger partial charge in [0.05, 0.1) is 11.3 Å². The first-order valence-corrected chi connectivity index (χ1v) is 6.82. The molecule has 0 heterocycles. The first kappa shape index (κ1) is 15.4. The third-order valence-electron chi connectivity index (χ3n) is 2.79. The minimum atomic E-state index is -0.539. The van der Waals surface area contributed by atoms with E-state index >= 15 is 0 Å². The quantitative estimate of drug-likeness (QED) is 0.666. The van der Waals surface area contributed by atoms with Crippen LogP contribution in [-0.2, 0) is 0 Å². The zero-order valence-electron chi connectivity index (χ0n) is 11.1. The summed E-state index contributed by atoms with van der Waals surface area (Å²) in [5.41, 5.74) is 3.88. The fourth-order valence-corrected chi connectivity index (χ4v) is 1.94. The molecule has 0 saturated heterocycles. The second-order valence-electron chi connectivity index (χ2n) is 4.31. The van der Waals surface area contributed by atoms with Gasteiger partial charge in [-0.3, -0.25) is 4.79 Å². The number of halogens is 2. The van der Waals surface area contributed by atoms with E-state index in [0.717, 1.165) is 5.56 Å². The average Bonchev–Trinajstić information content (AvgIpc) is 2.47. The number of carbonyl (C=O) groups excluding carboxylic acids is 1. The summed E-state index contributed by atoms with van der Waals surface area (Å²) >= 11 is 11.6. The van der Waals surface area contributed by atoms with Crippen LogP contribution in [0.1, 0.15) is 22.8 Å². The molecule has 0 atom stereocenters. The summed E-state index contributed by atoms with van der Waals surface area (Å²) in [4.78, 5) is 11.9.